The molecule has 2 aromatic carbocycles. The van der Waals surface area contributed by atoms with Crippen molar-refractivity contribution in [2.45, 2.75) is 9.10 Å². The largest absolute Gasteiger partial charge is 0.379 e. The first kappa shape index (κ1) is 24.6. The number of carbonyl (C=O) groups is 1. The van der Waals surface area contributed by atoms with Gasteiger partial charge in [0.05, 0.1) is 28.8 Å². The smallest absolute Gasteiger partial charge is 0.257 e. The monoisotopic (exact) mass is 545 g/mol. The second-order valence-electron chi connectivity index (χ2n) is 7.01. The van der Waals surface area contributed by atoms with Gasteiger partial charge in [-0.05, 0) is 66.5 Å². The van der Waals surface area contributed by atoms with Gasteiger partial charge in [-0.3, -0.25) is 18.6 Å². The molecule has 0 atom stereocenters. The fourth-order valence-electron chi connectivity index (χ4n) is 3.03. The number of thiophene rings is 1. The summed E-state index contributed by atoms with van der Waals surface area (Å²) < 4.78 is 32.1. The van der Waals surface area contributed by atoms with E-state index in [-0.39, 0.29) is 15.5 Å². The van der Waals surface area contributed by atoms with E-state index in [9.17, 15) is 13.9 Å². The third-order valence-electron chi connectivity index (χ3n) is 4.62. The van der Waals surface area contributed by atoms with Gasteiger partial charge in [0.1, 0.15) is 4.21 Å². The van der Waals surface area contributed by atoms with Gasteiger partial charge in [0, 0.05) is 28.7 Å². The summed E-state index contributed by atoms with van der Waals surface area (Å²) in [7, 11) is -3.41. The van der Waals surface area contributed by atoms with Crippen LogP contribution in [0.5, 0.6) is 0 Å². The van der Waals surface area contributed by atoms with Gasteiger partial charge in [0.15, 0.2) is 0 Å². The highest BCUT2D eigenvalue weighted by Crippen LogP contribution is 2.52. The predicted octanol–water partition coefficient (Wildman–Crippen LogP) is 6.78. The Morgan fingerprint density at radius 3 is 2.45 bits per heavy atom. The van der Waals surface area contributed by atoms with E-state index in [1.165, 1.54) is 18.2 Å². The summed E-state index contributed by atoms with van der Waals surface area (Å²) >= 11 is 14.7. The van der Waals surface area contributed by atoms with Gasteiger partial charge in [-0.15, -0.1) is 11.3 Å². The molecule has 12 heteroatoms. The molecule has 176 valence electrons. The van der Waals surface area contributed by atoms with E-state index in [2.05, 4.69) is 14.3 Å². The van der Waals surface area contributed by atoms with Gasteiger partial charge in [-0.2, -0.15) is 0 Å². The van der Waals surface area contributed by atoms with E-state index in [4.69, 9.17) is 27.9 Å². The lowest BCUT2D eigenvalue weighted by Gasteiger charge is -2.32. The topological polar surface area (TPSA) is 94.1 Å². The molecule has 1 fully saturated rings. The lowest BCUT2D eigenvalue weighted by Crippen LogP contribution is -2.30. The zero-order chi connectivity index (χ0) is 23.4. The molecule has 4 N–H and O–H groups in total. The number of morpholine rings is 1. The van der Waals surface area contributed by atoms with E-state index < -0.39 is 16.7 Å². The van der Waals surface area contributed by atoms with E-state index in [1.54, 1.807) is 24.1 Å². The molecule has 0 unspecified atom stereocenters. The Bertz CT molecular complexity index is 1120. The molecule has 0 spiro atoms. The average Bonchev–Trinajstić information content (AvgIpc) is 3.24. The van der Waals surface area contributed by atoms with Crippen molar-refractivity contribution in [2.75, 3.05) is 36.3 Å². The Kier molecular flexibility index (Phi) is 8.11. The Hall–Kier alpha value is -1.47. The summed E-state index contributed by atoms with van der Waals surface area (Å²) in [5.74, 6) is -0.437. The number of rotatable bonds is 7. The number of hydrogen-bond donors (Lipinski definition) is 4. The number of amides is 1. The maximum absolute atomic E-state index is 13.0. The summed E-state index contributed by atoms with van der Waals surface area (Å²) in [6, 6.07) is 15.2. The fraction of sp³-hybridized carbons (Fsp3) is 0.190. The van der Waals surface area contributed by atoms with Crippen LogP contribution in [0.2, 0.25) is 9.36 Å². The van der Waals surface area contributed by atoms with E-state index >= 15 is 0 Å². The summed E-state index contributed by atoms with van der Waals surface area (Å²) in [6.45, 7) is 3.18. The molecular weight excluding hydrogens is 525 g/mol. The van der Waals surface area contributed by atoms with E-state index in [0.717, 1.165) is 42.5 Å². The molecule has 0 aliphatic carbocycles. The second-order valence-corrected chi connectivity index (χ2v) is 12.3. The molecular formula is C21H21Cl2N3O4S3. The summed E-state index contributed by atoms with van der Waals surface area (Å²) in [5.41, 5.74) is 1.02. The van der Waals surface area contributed by atoms with Crippen LogP contribution in [-0.2, 0) is 4.74 Å². The molecule has 1 amide bonds. The van der Waals surface area contributed by atoms with Crippen molar-refractivity contribution in [3.63, 3.8) is 0 Å². The number of carbonyl (C=O) groups excluding carboxylic acids is 1. The Balaban J connectivity index is 1.47. The molecule has 0 radical (unpaired) electrons. The minimum Gasteiger partial charge on any atom is -0.379 e. The number of anilines is 2. The van der Waals surface area contributed by atoms with Gasteiger partial charge in [-0.1, -0.05) is 34.0 Å². The molecule has 1 aliphatic heterocycles. The summed E-state index contributed by atoms with van der Waals surface area (Å²) in [5, 5.41) is 3.18. The lowest BCUT2D eigenvalue weighted by molar-refractivity contribution is 0.0773. The van der Waals surface area contributed by atoms with Crippen LogP contribution < -0.4 is 10.0 Å². The first-order valence-electron chi connectivity index (χ1n) is 9.83. The van der Waals surface area contributed by atoms with Crippen LogP contribution in [0.1, 0.15) is 10.4 Å². The minimum absolute atomic E-state index is 0.178. The first-order chi connectivity index (χ1) is 15.8. The predicted molar refractivity (Wildman–Crippen MR) is 138 cm³/mol. The third kappa shape index (κ3) is 6.56. The number of halogens is 2. The van der Waals surface area contributed by atoms with Crippen LogP contribution in [0.25, 0.3) is 0 Å². The maximum Gasteiger partial charge on any atom is 0.257 e. The van der Waals surface area contributed by atoms with Crippen LogP contribution in [0, 0.1) is 0 Å². The average molecular weight is 547 g/mol. The quantitative estimate of drug-likeness (QED) is 0.243. The highest BCUT2D eigenvalue weighted by molar-refractivity contribution is 8.26. The van der Waals surface area contributed by atoms with Crippen molar-refractivity contribution in [1.29, 1.82) is 0 Å². The van der Waals surface area contributed by atoms with Gasteiger partial charge in [-0.25, -0.2) is 4.31 Å². The van der Waals surface area contributed by atoms with Crippen molar-refractivity contribution < 1.29 is 18.6 Å². The van der Waals surface area contributed by atoms with Crippen molar-refractivity contribution in [2.24, 2.45) is 0 Å². The van der Waals surface area contributed by atoms with Crippen molar-refractivity contribution in [1.82, 2.24) is 4.31 Å². The molecule has 4 rings (SSSR count). The molecule has 1 aliphatic rings. The minimum atomic E-state index is -3.41. The number of nitrogens with one attached hydrogen (secondary N) is 2. The molecule has 33 heavy (non-hydrogen) atoms. The van der Waals surface area contributed by atoms with Crippen molar-refractivity contribution >= 4 is 74.5 Å². The Labute approximate surface area is 211 Å². The molecule has 0 saturated carbocycles. The highest BCUT2D eigenvalue weighted by Gasteiger charge is 2.22. The lowest BCUT2D eigenvalue weighted by atomic mass is 10.1. The van der Waals surface area contributed by atoms with Crippen LogP contribution >= 0.6 is 57.3 Å². The van der Waals surface area contributed by atoms with E-state index in [1.807, 2.05) is 24.3 Å². The van der Waals surface area contributed by atoms with Gasteiger partial charge in [0.25, 0.3) is 5.91 Å². The molecule has 7 nitrogen and oxygen atoms in total. The summed E-state index contributed by atoms with van der Waals surface area (Å²) in [6.07, 6.45) is 0. The van der Waals surface area contributed by atoms with Gasteiger partial charge >= 0.3 is 0 Å². The van der Waals surface area contributed by atoms with Crippen LogP contribution in [0.3, 0.4) is 0 Å². The first-order valence-corrected chi connectivity index (χ1v) is 13.7. The van der Waals surface area contributed by atoms with E-state index in [0.29, 0.717) is 15.0 Å². The normalized spacial score (nSPS) is 15.3. The second kappa shape index (κ2) is 10.9. The zero-order valence-corrected chi connectivity index (χ0v) is 21.1. The number of hydrogen-bond acceptors (Lipinski definition) is 8. The Morgan fingerprint density at radius 1 is 1.06 bits per heavy atom. The molecule has 0 bridgehead atoms. The van der Waals surface area contributed by atoms with Crippen LogP contribution in [-0.4, -0.2) is 45.6 Å². The fourth-order valence-corrected chi connectivity index (χ4v) is 6.71. The Morgan fingerprint density at radius 2 is 1.79 bits per heavy atom. The number of nitrogens with zero attached hydrogens (tertiary/aromatic N) is 1. The number of benzene rings is 2. The molecule has 3 aromatic rings. The van der Waals surface area contributed by atoms with Crippen molar-refractivity contribution in [3.8, 4) is 0 Å². The van der Waals surface area contributed by atoms with Crippen molar-refractivity contribution in [3.05, 3.63) is 69.5 Å². The zero-order valence-electron chi connectivity index (χ0n) is 17.2. The molecule has 1 aromatic heterocycles. The van der Waals surface area contributed by atoms with Crippen LogP contribution in [0.4, 0.5) is 11.4 Å². The molecule has 2 heterocycles. The standard InChI is InChI=1S/C21H21Cl2N3O4S3/c22-14-1-6-18(25-33(28,29)20-8-7-19(23)31-20)17(13-14)21(27)24-15-2-4-16(5-3-15)32-26-9-11-30-12-10-26/h1-8,13,25,28-29H,9-12H2,(H,24,27). The SMILES string of the molecule is O=C(Nc1ccc(SN2CCOCC2)cc1)c1cc(Cl)ccc1NS(O)(O)c1ccc(Cl)s1. The third-order valence-corrected chi connectivity index (χ3v) is 9.14. The molecule has 1 saturated heterocycles. The maximum atomic E-state index is 13.0. The van der Waals surface area contributed by atoms with Crippen LogP contribution in [0.15, 0.2) is 63.7 Å². The van der Waals surface area contributed by atoms with Gasteiger partial charge < -0.3 is 10.1 Å². The van der Waals surface area contributed by atoms with Gasteiger partial charge in [0.2, 0.25) is 0 Å². The number of ether oxygens (including phenoxy) is 1. The summed E-state index contributed by atoms with van der Waals surface area (Å²) in [4.78, 5) is 14.1. The highest BCUT2D eigenvalue weighted by atomic mass is 35.5.